The second-order valence-corrected chi connectivity index (χ2v) is 9.69. The molecular formula is C24H24N2O5S. The maximum Gasteiger partial charge on any atom is 0.243 e. The minimum Gasteiger partial charge on any atom is -0.388 e. The number of piperazine rings is 1. The van der Waals surface area contributed by atoms with Gasteiger partial charge in [0, 0.05) is 31.7 Å². The number of ketones is 1. The number of aliphatic hydroxyl groups is 1. The van der Waals surface area contributed by atoms with Crippen molar-refractivity contribution >= 4 is 32.5 Å². The molecule has 0 unspecified atom stereocenters. The average Bonchev–Trinajstić information content (AvgIpc) is 2.83. The molecule has 1 amide bonds. The number of rotatable bonds is 6. The standard InChI is InChI=1S/C24H24N2O5S/c27-17-23(28)20-7-5-18(6-8-20)15-24(29)25-11-13-26(14-12-25)32(30,31)22-10-9-19-3-1-2-4-21(19)16-22/h1-10,16,27H,11-15,17H2. The van der Waals surface area contributed by atoms with Crippen molar-refractivity contribution in [3.05, 3.63) is 77.9 Å². The Bertz CT molecular complexity index is 1250. The van der Waals surface area contributed by atoms with Crippen LogP contribution in [0.15, 0.2) is 71.6 Å². The highest BCUT2D eigenvalue weighted by atomic mass is 32.2. The highest BCUT2D eigenvalue weighted by molar-refractivity contribution is 7.89. The molecule has 4 rings (SSSR count). The summed E-state index contributed by atoms with van der Waals surface area (Å²) in [6.07, 6.45) is 0.172. The number of sulfonamides is 1. The van der Waals surface area contributed by atoms with E-state index in [4.69, 9.17) is 5.11 Å². The number of carbonyl (C=O) groups is 2. The fraction of sp³-hybridized carbons (Fsp3) is 0.250. The van der Waals surface area contributed by atoms with E-state index in [1.165, 1.54) is 4.31 Å². The molecule has 3 aromatic carbocycles. The van der Waals surface area contributed by atoms with E-state index in [1.807, 2.05) is 24.3 Å². The first kappa shape index (κ1) is 22.1. The van der Waals surface area contributed by atoms with E-state index in [0.29, 0.717) is 18.7 Å². The van der Waals surface area contributed by atoms with Crippen molar-refractivity contribution in [3.8, 4) is 0 Å². The molecule has 8 heteroatoms. The van der Waals surface area contributed by atoms with E-state index >= 15 is 0 Å². The molecule has 0 aliphatic carbocycles. The fourth-order valence-corrected chi connectivity index (χ4v) is 5.30. The number of carbonyl (C=O) groups excluding carboxylic acids is 2. The molecule has 0 bridgehead atoms. The first-order valence-corrected chi connectivity index (χ1v) is 11.8. The third-order valence-corrected chi connectivity index (χ3v) is 7.62. The van der Waals surface area contributed by atoms with E-state index in [9.17, 15) is 18.0 Å². The van der Waals surface area contributed by atoms with Crippen LogP contribution in [0.5, 0.6) is 0 Å². The summed E-state index contributed by atoms with van der Waals surface area (Å²) in [5.41, 5.74) is 1.16. The zero-order valence-corrected chi connectivity index (χ0v) is 18.3. The summed E-state index contributed by atoms with van der Waals surface area (Å²) >= 11 is 0. The van der Waals surface area contributed by atoms with Crippen LogP contribution in [-0.4, -0.2) is 67.2 Å². The van der Waals surface area contributed by atoms with Gasteiger partial charge >= 0.3 is 0 Å². The largest absolute Gasteiger partial charge is 0.388 e. The number of Topliss-reactive ketones (excluding diaryl/α,β-unsaturated/α-hetero) is 1. The van der Waals surface area contributed by atoms with Gasteiger partial charge in [-0.05, 0) is 28.5 Å². The molecule has 1 aliphatic rings. The molecule has 1 N–H and O–H groups in total. The van der Waals surface area contributed by atoms with Crippen molar-refractivity contribution in [2.45, 2.75) is 11.3 Å². The number of benzene rings is 3. The summed E-state index contributed by atoms with van der Waals surface area (Å²) in [6, 6.07) is 19.3. The Kier molecular flexibility index (Phi) is 6.36. The second kappa shape index (κ2) is 9.20. The van der Waals surface area contributed by atoms with Crippen LogP contribution in [0, 0.1) is 0 Å². The van der Waals surface area contributed by atoms with E-state index in [0.717, 1.165) is 16.3 Å². The summed E-state index contributed by atoms with van der Waals surface area (Å²) in [5, 5.41) is 10.8. The van der Waals surface area contributed by atoms with Crippen molar-refractivity contribution in [3.63, 3.8) is 0 Å². The van der Waals surface area contributed by atoms with Gasteiger partial charge in [0.05, 0.1) is 11.3 Å². The molecule has 32 heavy (non-hydrogen) atoms. The molecule has 1 heterocycles. The van der Waals surface area contributed by atoms with Crippen molar-refractivity contribution in [2.24, 2.45) is 0 Å². The van der Waals surface area contributed by atoms with Crippen molar-refractivity contribution in [2.75, 3.05) is 32.8 Å². The molecule has 1 saturated heterocycles. The minimum atomic E-state index is -3.63. The van der Waals surface area contributed by atoms with Gasteiger partial charge in [-0.25, -0.2) is 8.42 Å². The summed E-state index contributed by atoms with van der Waals surface area (Å²) in [4.78, 5) is 26.1. The Labute approximate surface area is 186 Å². The Morgan fingerprint density at radius 3 is 2.16 bits per heavy atom. The summed E-state index contributed by atoms with van der Waals surface area (Å²) < 4.78 is 27.6. The molecule has 3 aromatic rings. The Balaban J connectivity index is 1.38. The maximum absolute atomic E-state index is 13.1. The van der Waals surface area contributed by atoms with Crippen molar-refractivity contribution < 1.29 is 23.1 Å². The van der Waals surface area contributed by atoms with Crippen LogP contribution in [0.1, 0.15) is 15.9 Å². The molecule has 7 nitrogen and oxygen atoms in total. The molecule has 0 atom stereocenters. The quantitative estimate of drug-likeness (QED) is 0.578. The third kappa shape index (κ3) is 4.57. The van der Waals surface area contributed by atoms with E-state index in [2.05, 4.69) is 0 Å². The van der Waals surface area contributed by atoms with E-state index < -0.39 is 16.6 Å². The van der Waals surface area contributed by atoms with Crippen LogP contribution in [0.4, 0.5) is 0 Å². The van der Waals surface area contributed by atoms with Crippen LogP contribution in [0.25, 0.3) is 10.8 Å². The molecule has 0 spiro atoms. The van der Waals surface area contributed by atoms with Gasteiger partial charge in [-0.3, -0.25) is 9.59 Å². The SMILES string of the molecule is O=C(CO)c1ccc(CC(=O)N2CCN(S(=O)(=O)c3ccc4ccccc4c3)CC2)cc1. The topological polar surface area (TPSA) is 95.0 Å². The van der Waals surface area contributed by atoms with Gasteiger partial charge in [-0.2, -0.15) is 4.31 Å². The summed E-state index contributed by atoms with van der Waals surface area (Å²) in [7, 11) is -3.63. The van der Waals surface area contributed by atoms with Crippen molar-refractivity contribution in [1.29, 1.82) is 0 Å². The first-order valence-electron chi connectivity index (χ1n) is 10.4. The van der Waals surface area contributed by atoms with Gasteiger partial charge in [0.15, 0.2) is 5.78 Å². The monoisotopic (exact) mass is 452 g/mol. The molecular weight excluding hydrogens is 428 g/mol. The fourth-order valence-electron chi connectivity index (χ4n) is 3.84. The zero-order chi connectivity index (χ0) is 22.7. The van der Waals surface area contributed by atoms with Crippen LogP contribution >= 0.6 is 0 Å². The second-order valence-electron chi connectivity index (χ2n) is 7.75. The third-order valence-electron chi connectivity index (χ3n) is 5.72. The number of hydrogen-bond acceptors (Lipinski definition) is 5. The maximum atomic E-state index is 13.1. The van der Waals surface area contributed by atoms with Crippen molar-refractivity contribution in [1.82, 2.24) is 9.21 Å². The number of fused-ring (bicyclic) bond motifs is 1. The van der Waals surface area contributed by atoms with Crippen LogP contribution < -0.4 is 0 Å². The van der Waals surface area contributed by atoms with Crippen LogP contribution in [0.3, 0.4) is 0 Å². The Morgan fingerprint density at radius 2 is 1.50 bits per heavy atom. The number of aliphatic hydroxyl groups excluding tert-OH is 1. The Hall–Kier alpha value is -3.07. The highest BCUT2D eigenvalue weighted by Gasteiger charge is 2.30. The van der Waals surface area contributed by atoms with Gasteiger partial charge in [0.1, 0.15) is 6.61 Å². The predicted octanol–water partition coefficient (Wildman–Crippen LogP) is 2.09. The first-order chi connectivity index (χ1) is 15.4. The number of hydrogen-bond donors (Lipinski definition) is 1. The van der Waals surface area contributed by atoms with Crippen LogP contribution in [0.2, 0.25) is 0 Å². The molecule has 0 saturated carbocycles. The molecule has 0 radical (unpaired) electrons. The lowest BCUT2D eigenvalue weighted by molar-refractivity contribution is -0.131. The lowest BCUT2D eigenvalue weighted by Crippen LogP contribution is -2.50. The zero-order valence-electron chi connectivity index (χ0n) is 17.5. The van der Waals surface area contributed by atoms with Gasteiger partial charge in [-0.1, -0.05) is 54.6 Å². The smallest absolute Gasteiger partial charge is 0.243 e. The predicted molar refractivity (Wildman–Crippen MR) is 121 cm³/mol. The lowest BCUT2D eigenvalue weighted by atomic mass is 10.1. The molecule has 166 valence electrons. The van der Waals surface area contributed by atoms with Crippen LogP contribution in [-0.2, 0) is 21.2 Å². The minimum absolute atomic E-state index is 0.0889. The molecule has 0 aromatic heterocycles. The van der Waals surface area contributed by atoms with Gasteiger partial charge in [0.25, 0.3) is 0 Å². The molecule has 1 fully saturated rings. The van der Waals surface area contributed by atoms with Gasteiger partial charge < -0.3 is 10.0 Å². The van der Waals surface area contributed by atoms with E-state index in [-0.39, 0.29) is 36.1 Å². The highest BCUT2D eigenvalue weighted by Crippen LogP contribution is 2.23. The number of amides is 1. The average molecular weight is 453 g/mol. The molecule has 1 aliphatic heterocycles. The van der Waals surface area contributed by atoms with Gasteiger partial charge in [0.2, 0.25) is 15.9 Å². The summed E-state index contributed by atoms with van der Waals surface area (Å²) in [6.45, 7) is 0.583. The number of nitrogens with zero attached hydrogens (tertiary/aromatic N) is 2. The normalized spacial score (nSPS) is 15.1. The summed E-state index contributed by atoms with van der Waals surface area (Å²) in [5.74, 6) is -0.458. The van der Waals surface area contributed by atoms with E-state index in [1.54, 1.807) is 47.4 Å². The lowest BCUT2D eigenvalue weighted by Gasteiger charge is -2.34. The Morgan fingerprint density at radius 1 is 0.844 bits per heavy atom. The van der Waals surface area contributed by atoms with Gasteiger partial charge in [-0.15, -0.1) is 0 Å².